The highest BCUT2D eigenvalue weighted by Crippen LogP contribution is 2.40. The smallest absolute Gasteiger partial charge is 0.251 e. The van der Waals surface area contributed by atoms with Crippen molar-refractivity contribution in [3.05, 3.63) is 22.7 Å². The summed E-state index contributed by atoms with van der Waals surface area (Å²) < 4.78 is 0. The average molecular weight is 239 g/mol. The topological polar surface area (TPSA) is 32.3 Å². The Morgan fingerprint density at radius 1 is 1.38 bits per heavy atom. The van der Waals surface area contributed by atoms with E-state index in [4.69, 9.17) is 11.6 Å². The lowest BCUT2D eigenvalue weighted by molar-refractivity contribution is -0.121. The van der Waals surface area contributed by atoms with Crippen molar-refractivity contribution >= 4 is 28.9 Å². The molecule has 0 unspecified atom stereocenters. The van der Waals surface area contributed by atoms with Gasteiger partial charge >= 0.3 is 0 Å². The molecule has 0 atom stereocenters. The summed E-state index contributed by atoms with van der Waals surface area (Å²) in [6.45, 7) is 5.72. The molecule has 2 rings (SSSR count). The zero-order valence-electron chi connectivity index (χ0n) is 9.89. The number of aryl methyl sites for hydroxylation is 1. The third-order valence-corrected chi connectivity index (χ3v) is 3.12. The number of carbonyl (C=O) groups excluding carboxylic acids is 1. The summed E-state index contributed by atoms with van der Waals surface area (Å²) in [7, 11) is 1.75. The van der Waals surface area contributed by atoms with Crippen LogP contribution in [0.3, 0.4) is 0 Å². The fourth-order valence-electron chi connectivity index (χ4n) is 2.08. The van der Waals surface area contributed by atoms with Gasteiger partial charge in [0.05, 0.1) is 16.4 Å². The Kier molecular flexibility index (Phi) is 2.39. The molecule has 86 valence electrons. The van der Waals surface area contributed by atoms with E-state index in [1.54, 1.807) is 11.9 Å². The number of likely N-dealkylation sites (N-methyl/N-ethyl adjacent to an activating group) is 1. The number of fused-ring (bicyclic) bond motifs is 1. The lowest BCUT2D eigenvalue weighted by Crippen LogP contribution is -2.52. The van der Waals surface area contributed by atoms with E-state index >= 15 is 0 Å². The summed E-state index contributed by atoms with van der Waals surface area (Å²) in [6.07, 6.45) is 0. The summed E-state index contributed by atoms with van der Waals surface area (Å²) in [6, 6.07) is 3.87. The molecule has 0 saturated carbocycles. The van der Waals surface area contributed by atoms with Gasteiger partial charge in [0.15, 0.2) is 0 Å². The molecule has 0 aromatic heterocycles. The minimum Gasteiger partial charge on any atom is -0.370 e. The molecule has 0 fully saturated rings. The van der Waals surface area contributed by atoms with Gasteiger partial charge in [-0.3, -0.25) is 4.79 Å². The highest BCUT2D eigenvalue weighted by molar-refractivity contribution is 6.35. The lowest BCUT2D eigenvalue weighted by atomic mass is 9.98. The minimum absolute atomic E-state index is 0.0192. The Morgan fingerprint density at radius 2 is 2.00 bits per heavy atom. The van der Waals surface area contributed by atoms with Crippen molar-refractivity contribution in [1.82, 2.24) is 0 Å². The minimum atomic E-state index is -0.584. The van der Waals surface area contributed by atoms with Gasteiger partial charge in [0.2, 0.25) is 0 Å². The summed E-state index contributed by atoms with van der Waals surface area (Å²) in [5, 5.41) is 3.83. The fourth-order valence-corrected chi connectivity index (χ4v) is 2.48. The number of amides is 1. The first-order valence-electron chi connectivity index (χ1n) is 5.19. The van der Waals surface area contributed by atoms with E-state index in [1.807, 2.05) is 32.9 Å². The molecule has 0 aliphatic carbocycles. The van der Waals surface area contributed by atoms with Gasteiger partial charge in [-0.1, -0.05) is 11.6 Å². The van der Waals surface area contributed by atoms with Gasteiger partial charge in [-0.25, -0.2) is 0 Å². The highest BCUT2D eigenvalue weighted by atomic mass is 35.5. The Balaban J connectivity index is 2.64. The molecule has 1 amide bonds. The summed E-state index contributed by atoms with van der Waals surface area (Å²) in [5.41, 5.74) is 2.17. The molecule has 1 N–H and O–H groups in total. The molecular formula is C12H15ClN2O. The van der Waals surface area contributed by atoms with Crippen LogP contribution in [0.1, 0.15) is 19.4 Å². The molecule has 16 heavy (non-hydrogen) atoms. The van der Waals surface area contributed by atoms with Gasteiger partial charge in [-0.2, -0.15) is 0 Å². The normalized spacial score (nSPS) is 18.1. The van der Waals surface area contributed by atoms with Crippen LogP contribution in [-0.2, 0) is 4.79 Å². The zero-order valence-corrected chi connectivity index (χ0v) is 10.6. The molecule has 4 heteroatoms. The summed E-state index contributed by atoms with van der Waals surface area (Å²) >= 11 is 6.17. The van der Waals surface area contributed by atoms with Crippen LogP contribution in [0, 0.1) is 6.92 Å². The Labute approximate surface area is 100 Å². The molecular weight excluding hydrogens is 224 g/mol. The van der Waals surface area contributed by atoms with Crippen LogP contribution in [0.4, 0.5) is 11.4 Å². The molecule has 1 heterocycles. The van der Waals surface area contributed by atoms with E-state index in [2.05, 4.69) is 5.32 Å². The molecule has 1 aromatic rings. The molecule has 1 aliphatic rings. The van der Waals surface area contributed by atoms with Crippen molar-refractivity contribution in [3.63, 3.8) is 0 Å². The van der Waals surface area contributed by atoms with Crippen LogP contribution < -0.4 is 10.2 Å². The summed E-state index contributed by atoms with van der Waals surface area (Å²) in [5.74, 6) is 0.0192. The molecule has 0 bridgehead atoms. The third kappa shape index (κ3) is 1.55. The monoisotopic (exact) mass is 238 g/mol. The number of carbonyl (C=O) groups is 1. The number of anilines is 2. The van der Waals surface area contributed by atoms with Gasteiger partial charge in [0.1, 0.15) is 5.54 Å². The van der Waals surface area contributed by atoms with Gasteiger partial charge in [0, 0.05) is 7.05 Å². The first-order valence-corrected chi connectivity index (χ1v) is 5.57. The van der Waals surface area contributed by atoms with E-state index in [0.29, 0.717) is 5.02 Å². The van der Waals surface area contributed by atoms with E-state index in [0.717, 1.165) is 16.9 Å². The van der Waals surface area contributed by atoms with Crippen molar-refractivity contribution in [2.45, 2.75) is 26.3 Å². The zero-order chi connectivity index (χ0) is 12.1. The number of hydrogen-bond acceptors (Lipinski definition) is 2. The molecule has 1 aromatic carbocycles. The third-order valence-electron chi connectivity index (χ3n) is 2.83. The number of nitrogens with one attached hydrogen (secondary N) is 1. The van der Waals surface area contributed by atoms with Crippen molar-refractivity contribution in [2.24, 2.45) is 0 Å². The van der Waals surface area contributed by atoms with Crippen molar-refractivity contribution in [2.75, 3.05) is 17.3 Å². The number of benzene rings is 1. The van der Waals surface area contributed by atoms with E-state index in [-0.39, 0.29) is 5.91 Å². The van der Waals surface area contributed by atoms with Gasteiger partial charge in [0.25, 0.3) is 5.91 Å². The molecule has 0 radical (unpaired) electrons. The van der Waals surface area contributed by atoms with Crippen molar-refractivity contribution in [3.8, 4) is 0 Å². The van der Waals surface area contributed by atoms with Crippen molar-refractivity contribution in [1.29, 1.82) is 0 Å². The maximum absolute atomic E-state index is 12.1. The standard InChI is InChI=1S/C12H15ClN2O/c1-7-5-8(13)10-9(6-7)14-12(2,3)11(16)15(10)4/h5-6,14H,1-4H3. The highest BCUT2D eigenvalue weighted by Gasteiger charge is 2.37. The van der Waals surface area contributed by atoms with Crippen LogP contribution in [-0.4, -0.2) is 18.5 Å². The predicted octanol–water partition coefficient (Wildman–Crippen LogP) is 2.82. The quantitative estimate of drug-likeness (QED) is 0.754. The molecule has 0 saturated heterocycles. The number of halogens is 1. The number of nitrogens with zero attached hydrogens (tertiary/aromatic N) is 1. The average Bonchev–Trinajstić information content (AvgIpc) is 2.12. The molecule has 0 spiro atoms. The lowest BCUT2D eigenvalue weighted by Gasteiger charge is -2.38. The molecule has 3 nitrogen and oxygen atoms in total. The van der Waals surface area contributed by atoms with Crippen LogP contribution >= 0.6 is 11.6 Å². The Hall–Kier alpha value is -1.22. The number of rotatable bonds is 0. The SMILES string of the molecule is Cc1cc(Cl)c2c(c1)NC(C)(C)C(=O)N2C. The fraction of sp³-hybridized carbons (Fsp3) is 0.417. The van der Waals surface area contributed by atoms with E-state index < -0.39 is 5.54 Å². The molecule has 1 aliphatic heterocycles. The Morgan fingerprint density at radius 3 is 2.62 bits per heavy atom. The van der Waals surface area contributed by atoms with Crippen LogP contribution in [0.5, 0.6) is 0 Å². The summed E-state index contributed by atoms with van der Waals surface area (Å²) in [4.78, 5) is 13.7. The van der Waals surface area contributed by atoms with Crippen molar-refractivity contribution < 1.29 is 4.79 Å². The Bertz CT molecular complexity index is 468. The van der Waals surface area contributed by atoms with E-state index in [9.17, 15) is 4.79 Å². The van der Waals surface area contributed by atoms with Gasteiger partial charge in [-0.05, 0) is 38.5 Å². The van der Waals surface area contributed by atoms with Crippen LogP contribution in [0.15, 0.2) is 12.1 Å². The second kappa shape index (κ2) is 3.39. The second-order valence-electron chi connectivity index (χ2n) is 4.76. The first-order chi connectivity index (χ1) is 7.33. The van der Waals surface area contributed by atoms with E-state index in [1.165, 1.54) is 0 Å². The maximum Gasteiger partial charge on any atom is 0.251 e. The second-order valence-corrected chi connectivity index (χ2v) is 5.16. The predicted molar refractivity (Wildman–Crippen MR) is 67.3 cm³/mol. The maximum atomic E-state index is 12.1. The number of hydrogen-bond donors (Lipinski definition) is 1. The van der Waals surface area contributed by atoms with Gasteiger partial charge in [-0.15, -0.1) is 0 Å². The van der Waals surface area contributed by atoms with Crippen LogP contribution in [0.25, 0.3) is 0 Å². The largest absolute Gasteiger partial charge is 0.370 e. The van der Waals surface area contributed by atoms with Crippen LogP contribution in [0.2, 0.25) is 5.02 Å². The van der Waals surface area contributed by atoms with Gasteiger partial charge < -0.3 is 10.2 Å². The first kappa shape index (κ1) is 11.3.